The van der Waals surface area contributed by atoms with Crippen LogP contribution >= 0.6 is 11.3 Å². The molecule has 0 bridgehead atoms. The molecule has 0 aliphatic heterocycles. The van der Waals surface area contributed by atoms with Crippen LogP contribution in [-0.2, 0) is 22.9 Å². The Hall–Kier alpha value is -2.71. The van der Waals surface area contributed by atoms with Crippen molar-refractivity contribution in [2.24, 2.45) is 0 Å². The fraction of sp³-hybridized carbons (Fsp3) is 0.238. The summed E-state index contributed by atoms with van der Waals surface area (Å²) in [5.74, 6) is -0.295. The van der Waals surface area contributed by atoms with E-state index in [0.717, 1.165) is 31.4 Å². The van der Waals surface area contributed by atoms with Gasteiger partial charge in [0.1, 0.15) is 0 Å². The predicted octanol–water partition coefficient (Wildman–Crippen LogP) is 4.10. The summed E-state index contributed by atoms with van der Waals surface area (Å²) in [7, 11) is -2.19. The minimum Gasteiger partial charge on any atom is -0.298 e. The van der Waals surface area contributed by atoms with Crippen LogP contribution in [0.3, 0.4) is 0 Å². The number of nitrogens with one attached hydrogen (secondary N) is 1. The highest BCUT2D eigenvalue weighted by molar-refractivity contribution is 7.92. The number of fused-ring (bicyclic) bond motifs is 1. The van der Waals surface area contributed by atoms with Crippen molar-refractivity contribution < 1.29 is 13.2 Å². The fourth-order valence-corrected chi connectivity index (χ4v) is 5.53. The lowest BCUT2D eigenvalue weighted by Gasteiger charge is -2.19. The summed E-state index contributed by atoms with van der Waals surface area (Å²) >= 11 is 1.52. The number of benzene rings is 2. The molecular weight excluding hydrogens is 406 g/mol. The van der Waals surface area contributed by atoms with E-state index >= 15 is 0 Å². The lowest BCUT2D eigenvalue weighted by Crippen LogP contribution is -2.26. The second kappa shape index (κ2) is 7.96. The largest absolute Gasteiger partial charge is 0.298 e. The van der Waals surface area contributed by atoms with Gasteiger partial charge in [0.25, 0.3) is 15.9 Å². The van der Waals surface area contributed by atoms with E-state index < -0.39 is 10.0 Å². The third kappa shape index (κ3) is 4.04. The van der Waals surface area contributed by atoms with Crippen LogP contribution in [0, 0.1) is 0 Å². The summed E-state index contributed by atoms with van der Waals surface area (Å²) in [5.41, 5.74) is 2.04. The molecule has 4 rings (SSSR count). The molecule has 1 aliphatic carbocycles. The van der Waals surface area contributed by atoms with E-state index in [1.807, 2.05) is 6.07 Å². The average Bonchev–Trinajstić information content (AvgIpc) is 3.16. The van der Waals surface area contributed by atoms with E-state index in [-0.39, 0.29) is 10.8 Å². The van der Waals surface area contributed by atoms with Crippen LogP contribution in [-0.4, -0.2) is 26.4 Å². The standard InChI is InChI=1S/C21H21N3O3S2/c1-24(16-7-3-2-4-8-16)29(26,27)17-13-11-15(12-14-17)20(25)23-21-22-18-9-5-6-10-19(18)28-21/h2-4,7-8,11-14H,5-6,9-10H2,1H3,(H,22,23,25). The van der Waals surface area contributed by atoms with Crippen LogP contribution in [0.1, 0.15) is 33.8 Å². The van der Waals surface area contributed by atoms with Gasteiger partial charge in [-0.1, -0.05) is 18.2 Å². The minimum absolute atomic E-state index is 0.130. The summed E-state index contributed by atoms with van der Waals surface area (Å²) in [6.45, 7) is 0. The molecule has 8 heteroatoms. The Morgan fingerprint density at radius 2 is 1.72 bits per heavy atom. The summed E-state index contributed by atoms with van der Waals surface area (Å²) < 4.78 is 26.9. The van der Waals surface area contributed by atoms with Crippen LogP contribution in [0.4, 0.5) is 10.8 Å². The van der Waals surface area contributed by atoms with Gasteiger partial charge in [-0.15, -0.1) is 11.3 Å². The Balaban J connectivity index is 1.49. The third-order valence-corrected chi connectivity index (χ3v) is 7.83. The van der Waals surface area contributed by atoms with Crippen molar-refractivity contribution in [1.82, 2.24) is 4.98 Å². The molecule has 0 atom stereocenters. The number of thiazole rings is 1. The zero-order chi connectivity index (χ0) is 20.4. The summed E-state index contributed by atoms with van der Waals surface area (Å²) in [4.78, 5) is 18.4. The number of nitrogens with zero attached hydrogens (tertiary/aromatic N) is 2. The van der Waals surface area contributed by atoms with Gasteiger partial charge in [0.05, 0.1) is 16.3 Å². The molecule has 1 amide bonds. The zero-order valence-electron chi connectivity index (χ0n) is 16.0. The summed E-state index contributed by atoms with van der Waals surface area (Å²) in [5, 5.41) is 3.43. The number of amides is 1. The molecule has 0 saturated heterocycles. The summed E-state index contributed by atoms with van der Waals surface area (Å²) in [6, 6.07) is 14.8. The van der Waals surface area contributed by atoms with Crippen LogP contribution in [0.2, 0.25) is 0 Å². The van der Waals surface area contributed by atoms with Gasteiger partial charge in [-0.3, -0.25) is 14.4 Å². The molecule has 0 fully saturated rings. The first-order valence-corrected chi connectivity index (χ1v) is 11.6. The van der Waals surface area contributed by atoms with Crippen molar-refractivity contribution in [3.05, 3.63) is 70.7 Å². The minimum atomic E-state index is -3.70. The number of para-hydroxylation sites is 1. The highest BCUT2D eigenvalue weighted by atomic mass is 32.2. The van der Waals surface area contributed by atoms with Crippen molar-refractivity contribution in [2.75, 3.05) is 16.7 Å². The summed E-state index contributed by atoms with van der Waals surface area (Å²) in [6.07, 6.45) is 4.28. The molecule has 2 aromatic carbocycles. The van der Waals surface area contributed by atoms with Gasteiger partial charge in [-0.2, -0.15) is 0 Å². The van der Waals surface area contributed by atoms with E-state index in [1.54, 1.807) is 24.3 Å². The molecule has 1 aromatic heterocycles. The quantitative estimate of drug-likeness (QED) is 0.665. The maximum atomic E-state index is 12.8. The molecular formula is C21H21N3O3S2. The van der Waals surface area contributed by atoms with E-state index in [2.05, 4.69) is 10.3 Å². The van der Waals surface area contributed by atoms with Gasteiger partial charge in [0.2, 0.25) is 0 Å². The number of carbonyl (C=O) groups is 1. The molecule has 0 spiro atoms. The fourth-order valence-electron chi connectivity index (χ4n) is 3.29. The van der Waals surface area contributed by atoms with Crippen molar-refractivity contribution in [3.8, 4) is 0 Å². The van der Waals surface area contributed by atoms with Crippen LogP contribution in [0.5, 0.6) is 0 Å². The lowest BCUT2D eigenvalue weighted by atomic mass is 10.0. The molecule has 6 nitrogen and oxygen atoms in total. The smallest absolute Gasteiger partial charge is 0.264 e. The average molecular weight is 428 g/mol. The molecule has 1 heterocycles. The highest BCUT2D eigenvalue weighted by Gasteiger charge is 2.22. The molecule has 3 aromatic rings. The second-order valence-electron chi connectivity index (χ2n) is 6.88. The van der Waals surface area contributed by atoms with E-state index in [1.165, 1.54) is 51.8 Å². The maximum Gasteiger partial charge on any atom is 0.264 e. The van der Waals surface area contributed by atoms with E-state index in [0.29, 0.717) is 16.4 Å². The third-order valence-electron chi connectivity index (χ3n) is 4.96. The molecule has 0 saturated carbocycles. The number of aromatic nitrogens is 1. The van der Waals surface area contributed by atoms with Crippen molar-refractivity contribution in [3.63, 3.8) is 0 Å². The van der Waals surface area contributed by atoms with Crippen LogP contribution < -0.4 is 9.62 Å². The van der Waals surface area contributed by atoms with Gasteiger partial charge in [-0.05, 0) is 62.1 Å². The number of hydrogen-bond donors (Lipinski definition) is 1. The number of aryl methyl sites for hydroxylation is 2. The molecule has 1 aliphatic rings. The Morgan fingerprint density at radius 1 is 1.03 bits per heavy atom. The van der Waals surface area contributed by atoms with Crippen molar-refractivity contribution >= 4 is 38.1 Å². The van der Waals surface area contributed by atoms with Gasteiger partial charge in [0, 0.05) is 17.5 Å². The highest BCUT2D eigenvalue weighted by Crippen LogP contribution is 2.30. The number of sulfonamides is 1. The molecule has 150 valence electrons. The first-order chi connectivity index (χ1) is 13.9. The lowest BCUT2D eigenvalue weighted by molar-refractivity contribution is 0.102. The van der Waals surface area contributed by atoms with Gasteiger partial charge in [0.15, 0.2) is 5.13 Å². The SMILES string of the molecule is CN(c1ccccc1)S(=O)(=O)c1ccc(C(=O)Nc2nc3c(s2)CCCC3)cc1. The number of carbonyl (C=O) groups excluding carboxylic acids is 1. The molecule has 29 heavy (non-hydrogen) atoms. The van der Waals surface area contributed by atoms with Gasteiger partial charge >= 0.3 is 0 Å². The predicted molar refractivity (Wildman–Crippen MR) is 115 cm³/mol. The molecule has 0 unspecified atom stereocenters. The Morgan fingerprint density at radius 3 is 2.41 bits per heavy atom. The molecule has 0 radical (unpaired) electrons. The van der Waals surface area contributed by atoms with E-state index in [4.69, 9.17) is 0 Å². The van der Waals surface area contributed by atoms with Gasteiger partial charge in [-0.25, -0.2) is 13.4 Å². The van der Waals surface area contributed by atoms with Crippen LogP contribution in [0.25, 0.3) is 0 Å². The Bertz CT molecular complexity index is 1100. The Labute approximate surface area is 174 Å². The van der Waals surface area contributed by atoms with Crippen molar-refractivity contribution in [1.29, 1.82) is 0 Å². The normalized spacial score (nSPS) is 13.6. The topological polar surface area (TPSA) is 79.4 Å². The monoisotopic (exact) mass is 427 g/mol. The Kier molecular flexibility index (Phi) is 5.38. The first-order valence-electron chi connectivity index (χ1n) is 9.39. The van der Waals surface area contributed by atoms with Crippen LogP contribution in [0.15, 0.2) is 59.5 Å². The number of rotatable bonds is 5. The second-order valence-corrected chi connectivity index (χ2v) is 9.94. The number of anilines is 2. The first kappa shape index (κ1) is 19.6. The molecule has 1 N–H and O–H groups in total. The van der Waals surface area contributed by atoms with Gasteiger partial charge < -0.3 is 0 Å². The van der Waals surface area contributed by atoms with Crippen molar-refractivity contribution in [2.45, 2.75) is 30.6 Å². The maximum absolute atomic E-state index is 12.8. The van der Waals surface area contributed by atoms with E-state index in [9.17, 15) is 13.2 Å². The zero-order valence-corrected chi connectivity index (χ0v) is 17.6. The number of hydrogen-bond acceptors (Lipinski definition) is 5.